The zero-order chi connectivity index (χ0) is 33.0. The number of phenolic OH excluding ortho intramolecular Hbond substituents is 1. The number of benzene rings is 1. The predicted molar refractivity (Wildman–Crippen MR) is 166 cm³/mol. The molecule has 8 N–H and O–H groups in total. The Morgan fingerprint density at radius 1 is 1.20 bits per heavy atom. The first-order valence-corrected chi connectivity index (χ1v) is 15.8. The van der Waals surface area contributed by atoms with E-state index >= 15 is 0 Å². The summed E-state index contributed by atoms with van der Waals surface area (Å²) in [5.74, 6) is -1.79. The van der Waals surface area contributed by atoms with Gasteiger partial charge in [0.1, 0.15) is 34.6 Å². The minimum Gasteiger partial charge on any atom is -0.508 e. The van der Waals surface area contributed by atoms with Gasteiger partial charge in [-0.3, -0.25) is 24.3 Å². The number of fused-ring (bicyclic) bond motifs is 1. The standard InChI is InChI=1S/C26H29N11O7S2/c1-11(2)7-27-24-28-8-15(19(39)32-24)29-25(44)31-16(12-3-5-14(38)6-4-12)20(40)30-17-21(41)37-18(23(42)43)13(9-45-22(17)37)10-46-26-33-35-36-34-26/h3-6,8,11,16-17,22,38H,7,9-10H2,1-2H3,(H,30,40)(H,42,43)(H2,29,31,44)(H2,27,28,32,39)(H,33,34,35,36)/t16-,17?,22-/m1/s1. The van der Waals surface area contributed by atoms with Crippen LogP contribution in [-0.2, 0) is 14.4 Å². The van der Waals surface area contributed by atoms with E-state index in [1.54, 1.807) is 0 Å². The first-order chi connectivity index (χ1) is 22.0. The lowest BCUT2D eigenvalue weighted by Crippen LogP contribution is -2.71. The van der Waals surface area contributed by atoms with Gasteiger partial charge >= 0.3 is 12.0 Å². The molecule has 2 aliphatic rings. The van der Waals surface area contributed by atoms with Crippen LogP contribution in [0, 0.1) is 5.92 Å². The fraction of sp³-hybridized carbons (Fsp3) is 0.346. The third kappa shape index (κ3) is 7.23. The van der Waals surface area contributed by atoms with Gasteiger partial charge in [0.2, 0.25) is 17.0 Å². The van der Waals surface area contributed by atoms with Gasteiger partial charge < -0.3 is 31.5 Å². The molecule has 1 aromatic carbocycles. The smallest absolute Gasteiger partial charge is 0.352 e. The molecule has 0 spiro atoms. The van der Waals surface area contributed by atoms with Crippen LogP contribution in [0.5, 0.6) is 5.75 Å². The summed E-state index contributed by atoms with van der Waals surface area (Å²) in [4.78, 5) is 72.2. The number of nitrogens with one attached hydrogen (secondary N) is 6. The van der Waals surface area contributed by atoms with Gasteiger partial charge in [0, 0.05) is 18.1 Å². The van der Waals surface area contributed by atoms with Gasteiger partial charge in [-0.1, -0.05) is 37.7 Å². The number of β-lactam (4-membered cyclic amide) rings is 1. The topological polar surface area (TPSA) is 260 Å². The molecule has 20 heteroatoms. The second-order valence-electron chi connectivity index (χ2n) is 10.5. The van der Waals surface area contributed by atoms with Crippen LogP contribution in [0.4, 0.5) is 16.4 Å². The Balaban J connectivity index is 1.28. The van der Waals surface area contributed by atoms with Gasteiger partial charge in [-0.15, -0.1) is 22.0 Å². The monoisotopic (exact) mass is 671 g/mol. The second kappa shape index (κ2) is 13.9. The Kier molecular flexibility index (Phi) is 9.75. The van der Waals surface area contributed by atoms with E-state index in [1.165, 1.54) is 42.2 Å². The van der Waals surface area contributed by atoms with Crippen molar-refractivity contribution in [3.63, 3.8) is 0 Å². The number of tetrazole rings is 1. The normalized spacial score (nSPS) is 18.0. The number of carboxylic acid groups (broad SMARTS) is 1. The minimum absolute atomic E-state index is 0.0826. The zero-order valence-corrected chi connectivity index (χ0v) is 25.9. The molecular weight excluding hydrogens is 642 g/mol. The molecule has 4 amide bonds. The molecule has 18 nitrogen and oxygen atoms in total. The summed E-state index contributed by atoms with van der Waals surface area (Å²) in [6.07, 6.45) is 1.17. The lowest BCUT2D eigenvalue weighted by Gasteiger charge is -2.49. The van der Waals surface area contributed by atoms with Crippen LogP contribution < -0.4 is 26.8 Å². The predicted octanol–water partition coefficient (Wildman–Crippen LogP) is 0.450. The quantitative estimate of drug-likeness (QED) is 0.0961. The van der Waals surface area contributed by atoms with E-state index in [-0.39, 0.29) is 40.2 Å². The van der Waals surface area contributed by atoms with Crippen LogP contribution in [0.2, 0.25) is 0 Å². The second-order valence-corrected chi connectivity index (χ2v) is 12.6. The number of thioether (sulfide) groups is 2. The maximum Gasteiger partial charge on any atom is 0.352 e. The Morgan fingerprint density at radius 3 is 2.61 bits per heavy atom. The average Bonchev–Trinajstić information content (AvgIpc) is 3.55. The summed E-state index contributed by atoms with van der Waals surface area (Å²) in [6, 6.07) is 2.08. The number of carbonyl (C=O) groups excluding carboxylic acids is 3. The average molecular weight is 672 g/mol. The van der Waals surface area contributed by atoms with Crippen molar-refractivity contribution >= 4 is 59.0 Å². The van der Waals surface area contributed by atoms with Crippen molar-refractivity contribution < 1.29 is 29.4 Å². The van der Waals surface area contributed by atoms with Crippen molar-refractivity contribution in [2.75, 3.05) is 28.7 Å². The molecule has 0 bridgehead atoms. The van der Waals surface area contributed by atoms with Crippen molar-refractivity contribution in [2.24, 2.45) is 5.92 Å². The number of phenols is 1. The molecule has 46 heavy (non-hydrogen) atoms. The highest BCUT2D eigenvalue weighted by atomic mass is 32.2. The SMILES string of the molecule is CC(C)CNc1ncc(NC(=O)N[C@@H](C(=O)NC2C(=O)N3C(C(=O)O)=C(CSc4nn[nH]n4)CS[C@H]23)c2ccc(O)cc2)c(=O)[nH]1. The molecule has 3 atom stereocenters. The molecule has 0 aliphatic carbocycles. The summed E-state index contributed by atoms with van der Waals surface area (Å²) in [6.45, 7) is 4.53. The zero-order valence-electron chi connectivity index (χ0n) is 24.3. The first-order valence-electron chi connectivity index (χ1n) is 13.8. The highest BCUT2D eigenvalue weighted by Crippen LogP contribution is 2.41. The van der Waals surface area contributed by atoms with Crippen molar-refractivity contribution in [3.05, 3.63) is 57.6 Å². The van der Waals surface area contributed by atoms with E-state index in [0.717, 1.165) is 16.7 Å². The third-order valence-corrected chi connectivity index (χ3v) is 9.00. The number of aliphatic carboxylic acids is 1. The number of hydrogen-bond acceptors (Lipinski definition) is 13. The number of nitrogens with zero attached hydrogens (tertiary/aromatic N) is 5. The third-order valence-electron chi connectivity index (χ3n) is 6.74. The largest absolute Gasteiger partial charge is 0.508 e. The lowest BCUT2D eigenvalue weighted by molar-refractivity contribution is -0.150. The number of anilines is 2. The molecule has 4 heterocycles. The minimum atomic E-state index is -1.37. The molecule has 0 radical (unpaired) electrons. The molecule has 1 unspecified atom stereocenters. The van der Waals surface area contributed by atoms with Crippen LogP contribution >= 0.6 is 23.5 Å². The van der Waals surface area contributed by atoms with Crippen LogP contribution in [0.3, 0.4) is 0 Å². The molecule has 242 valence electrons. The molecule has 5 rings (SSSR count). The van der Waals surface area contributed by atoms with Gasteiger partial charge in [-0.05, 0) is 34.4 Å². The number of aromatic amines is 2. The molecule has 3 aromatic rings. The number of aromatic nitrogens is 6. The van der Waals surface area contributed by atoms with Gasteiger partial charge in [0.05, 0.1) is 6.20 Å². The number of rotatable bonds is 12. The number of carbonyl (C=O) groups is 4. The van der Waals surface area contributed by atoms with E-state index in [0.29, 0.717) is 23.2 Å². The fourth-order valence-corrected chi connectivity index (χ4v) is 6.75. The highest BCUT2D eigenvalue weighted by Gasteiger charge is 2.54. The number of aromatic hydroxyl groups is 1. The summed E-state index contributed by atoms with van der Waals surface area (Å²) in [5.41, 5.74) is -0.240. The lowest BCUT2D eigenvalue weighted by atomic mass is 10.0. The fourth-order valence-electron chi connectivity index (χ4n) is 4.53. The van der Waals surface area contributed by atoms with Gasteiger partial charge in [-0.25, -0.2) is 14.6 Å². The van der Waals surface area contributed by atoms with E-state index in [1.807, 2.05) is 13.8 Å². The van der Waals surface area contributed by atoms with Crippen molar-refractivity contribution in [3.8, 4) is 5.75 Å². The highest BCUT2D eigenvalue weighted by molar-refractivity contribution is 8.01. The Labute approximate surface area is 268 Å². The van der Waals surface area contributed by atoms with Crippen LogP contribution in [0.15, 0.2) is 51.7 Å². The van der Waals surface area contributed by atoms with E-state index < -0.39 is 46.8 Å². The molecule has 2 aromatic heterocycles. The molecule has 0 saturated carbocycles. The molecule has 1 fully saturated rings. The summed E-state index contributed by atoms with van der Waals surface area (Å²) in [7, 11) is 0. The van der Waals surface area contributed by atoms with Gasteiger partial charge in [-0.2, -0.15) is 5.21 Å². The summed E-state index contributed by atoms with van der Waals surface area (Å²) in [5, 5.41) is 43.2. The van der Waals surface area contributed by atoms with Gasteiger partial charge in [0.25, 0.3) is 11.5 Å². The van der Waals surface area contributed by atoms with Gasteiger partial charge in [0.15, 0.2) is 0 Å². The summed E-state index contributed by atoms with van der Waals surface area (Å²) >= 11 is 2.43. The van der Waals surface area contributed by atoms with Crippen molar-refractivity contribution in [1.82, 2.24) is 46.1 Å². The van der Waals surface area contributed by atoms with E-state index in [4.69, 9.17) is 0 Å². The van der Waals surface area contributed by atoms with Crippen LogP contribution in [0.25, 0.3) is 0 Å². The molecule has 1 saturated heterocycles. The molecule has 2 aliphatic heterocycles. The number of H-pyrrole nitrogens is 2. The maximum absolute atomic E-state index is 13.6. The summed E-state index contributed by atoms with van der Waals surface area (Å²) < 4.78 is 0. The maximum atomic E-state index is 13.6. The Hall–Kier alpha value is -5.11. The number of amides is 4. The number of carboxylic acids is 1. The van der Waals surface area contributed by atoms with E-state index in [2.05, 4.69) is 51.9 Å². The van der Waals surface area contributed by atoms with Crippen LogP contribution in [0.1, 0.15) is 25.5 Å². The Morgan fingerprint density at radius 2 is 1.96 bits per heavy atom. The number of hydrogen-bond donors (Lipinski definition) is 8. The Bertz CT molecular complexity index is 1710. The first kappa shape index (κ1) is 32.3. The van der Waals surface area contributed by atoms with Crippen molar-refractivity contribution in [2.45, 2.75) is 36.5 Å². The van der Waals surface area contributed by atoms with E-state index in [9.17, 15) is 34.2 Å². The molecular formula is C26H29N11O7S2. The van der Waals surface area contributed by atoms with Crippen LogP contribution in [-0.4, -0.2) is 99.0 Å². The van der Waals surface area contributed by atoms with Crippen molar-refractivity contribution in [1.29, 1.82) is 0 Å². The number of urea groups is 1.